The number of carbonyl (C=O) groups is 1. The van der Waals surface area contributed by atoms with Crippen LogP contribution in [0.5, 0.6) is 0 Å². The van der Waals surface area contributed by atoms with E-state index in [2.05, 4.69) is 14.7 Å². The van der Waals surface area contributed by atoms with Crippen LogP contribution in [0.15, 0.2) is 35.2 Å². The Balaban J connectivity index is 2.22. The number of allylic oxidation sites excluding steroid dienone is 1. The van der Waals surface area contributed by atoms with Gasteiger partial charge in [0.15, 0.2) is 15.7 Å². The number of carbonyl (C=O) groups excluding carboxylic acids is 1. The number of rotatable bonds is 12. The number of hydrogen-bond acceptors (Lipinski definition) is 10. The molecule has 2 aromatic rings. The molecule has 0 amide bonds. The van der Waals surface area contributed by atoms with E-state index in [9.17, 15) is 26.4 Å². The standard InChI is InChI=1S/C21H26F3N5O4S2/c1-4-29(5-2)9-10-33-18(30)13-26-16(12-17(25)21(22,23)24)19-27-20(34-28-19)14-7-6-8-15(11-14)35(3,31)32/h6-8,11-12,25-26H,4-5,9-10,13H2,1-3H3/b16-12-,25-17?. The average Bonchev–Trinajstić information content (AvgIpc) is 3.28. The number of aromatic nitrogens is 2. The average molecular weight is 534 g/mol. The SMILES string of the molecule is CCN(CC)CCOC(=O)CN/C(=C\C(=N)C(F)(F)F)c1nsc(-c2cccc(S(C)(=O)=O)c2)n1. The second-order valence-electron chi connectivity index (χ2n) is 7.29. The summed E-state index contributed by atoms with van der Waals surface area (Å²) in [4.78, 5) is 18.3. The van der Waals surface area contributed by atoms with Crippen LogP contribution in [0.4, 0.5) is 13.2 Å². The third kappa shape index (κ3) is 8.71. The zero-order valence-corrected chi connectivity index (χ0v) is 21.0. The Kier molecular flexibility index (Phi) is 9.92. The van der Waals surface area contributed by atoms with Crippen LogP contribution in [-0.2, 0) is 19.4 Å². The minimum Gasteiger partial charge on any atom is -0.463 e. The van der Waals surface area contributed by atoms with Gasteiger partial charge in [0.05, 0.1) is 10.6 Å². The highest BCUT2D eigenvalue weighted by Gasteiger charge is 2.33. The van der Waals surface area contributed by atoms with E-state index in [1.165, 1.54) is 18.2 Å². The first-order valence-electron chi connectivity index (χ1n) is 10.5. The van der Waals surface area contributed by atoms with Gasteiger partial charge in [-0.15, -0.1) is 0 Å². The van der Waals surface area contributed by atoms with Crippen molar-refractivity contribution in [2.75, 3.05) is 39.0 Å². The van der Waals surface area contributed by atoms with Crippen molar-refractivity contribution in [1.82, 2.24) is 19.6 Å². The minimum absolute atomic E-state index is 0.0481. The van der Waals surface area contributed by atoms with Crippen LogP contribution in [0, 0.1) is 5.41 Å². The van der Waals surface area contributed by atoms with Gasteiger partial charge >= 0.3 is 12.1 Å². The number of alkyl halides is 3. The maximum absolute atomic E-state index is 13.0. The first kappa shape index (κ1) is 28.4. The van der Waals surface area contributed by atoms with Crippen molar-refractivity contribution in [3.05, 3.63) is 36.2 Å². The Labute approximate surface area is 205 Å². The number of sulfone groups is 1. The third-order valence-corrected chi connectivity index (χ3v) is 6.63. The summed E-state index contributed by atoms with van der Waals surface area (Å²) < 4.78 is 71.7. The Morgan fingerprint density at radius 1 is 1.29 bits per heavy atom. The van der Waals surface area contributed by atoms with Crippen LogP contribution in [-0.4, -0.2) is 79.6 Å². The fraction of sp³-hybridized carbons (Fsp3) is 0.429. The van der Waals surface area contributed by atoms with E-state index in [0.29, 0.717) is 18.2 Å². The molecular formula is C21H26F3N5O4S2. The van der Waals surface area contributed by atoms with Crippen LogP contribution in [0.1, 0.15) is 19.7 Å². The molecule has 2 N–H and O–H groups in total. The lowest BCUT2D eigenvalue weighted by atomic mass is 10.2. The number of esters is 1. The summed E-state index contributed by atoms with van der Waals surface area (Å²) in [5.41, 5.74) is -1.56. The number of likely N-dealkylation sites (N-methyl/N-ethyl adjacent to an activating group) is 1. The molecule has 0 saturated heterocycles. The molecular weight excluding hydrogens is 507 g/mol. The Morgan fingerprint density at radius 2 is 1.97 bits per heavy atom. The van der Waals surface area contributed by atoms with Crippen molar-refractivity contribution in [3.8, 4) is 10.6 Å². The highest BCUT2D eigenvalue weighted by Crippen LogP contribution is 2.26. The van der Waals surface area contributed by atoms with Gasteiger partial charge in [0.1, 0.15) is 23.9 Å². The Morgan fingerprint density at radius 3 is 2.57 bits per heavy atom. The molecule has 14 heteroatoms. The number of hydrogen-bond donors (Lipinski definition) is 2. The molecule has 0 aliphatic heterocycles. The van der Waals surface area contributed by atoms with E-state index < -0.39 is 34.2 Å². The van der Waals surface area contributed by atoms with Crippen LogP contribution < -0.4 is 5.32 Å². The van der Waals surface area contributed by atoms with E-state index in [4.69, 9.17) is 10.1 Å². The highest BCUT2D eigenvalue weighted by molar-refractivity contribution is 7.90. The zero-order valence-electron chi connectivity index (χ0n) is 19.3. The lowest BCUT2D eigenvalue weighted by Gasteiger charge is -2.17. The van der Waals surface area contributed by atoms with Crippen LogP contribution >= 0.6 is 11.5 Å². The summed E-state index contributed by atoms with van der Waals surface area (Å²) in [5.74, 6) is -0.877. The van der Waals surface area contributed by atoms with Crippen molar-refractivity contribution in [1.29, 1.82) is 5.41 Å². The molecule has 1 aromatic carbocycles. The predicted molar refractivity (Wildman–Crippen MR) is 127 cm³/mol. The van der Waals surface area contributed by atoms with Crippen LogP contribution in [0.2, 0.25) is 0 Å². The van der Waals surface area contributed by atoms with Crippen LogP contribution in [0.3, 0.4) is 0 Å². The molecule has 2 rings (SSSR count). The fourth-order valence-electron chi connectivity index (χ4n) is 2.78. The number of benzene rings is 1. The molecule has 35 heavy (non-hydrogen) atoms. The fourth-order valence-corrected chi connectivity index (χ4v) is 4.12. The first-order valence-corrected chi connectivity index (χ1v) is 13.2. The summed E-state index contributed by atoms with van der Waals surface area (Å²) in [6.07, 6.45) is -3.38. The van der Waals surface area contributed by atoms with Gasteiger partial charge in [-0.1, -0.05) is 26.0 Å². The highest BCUT2D eigenvalue weighted by atomic mass is 32.2. The van der Waals surface area contributed by atoms with Gasteiger partial charge in [0.25, 0.3) is 0 Å². The van der Waals surface area contributed by atoms with E-state index in [1.54, 1.807) is 6.07 Å². The molecule has 0 unspecified atom stereocenters. The largest absolute Gasteiger partial charge is 0.463 e. The van der Waals surface area contributed by atoms with Crippen LogP contribution in [0.25, 0.3) is 16.3 Å². The quantitative estimate of drug-likeness (QED) is 0.315. The number of halogens is 3. The van der Waals surface area contributed by atoms with E-state index in [1.807, 2.05) is 18.7 Å². The first-order chi connectivity index (χ1) is 16.3. The summed E-state index contributed by atoms with van der Waals surface area (Å²) in [6, 6.07) is 5.88. The Bertz CT molecular complexity index is 1180. The normalized spacial score (nSPS) is 12.6. The summed E-state index contributed by atoms with van der Waals surface area (Å²) in [5, 5.41) is 10.1. The lowest BCUT2D eigenvalue weighted by Crippen LogP contribution is -2.30. The van der Waals surface area contributed by atoms with E-state index in [-0.39, 0.29) is 28.0 Å². The van der Waals surface area contributed by atoms with E-state index in [0.717, 1.165) is 30.9 Å². The molecule has 1 aromatic heterocycles. The maximum atomic E-state index is 13.0. The number of ether oxygens (including phenoxy) is 1. The molecule has 0 aliphatic rings. The number of nitrogens with one attached hydrogen (secondary N) is 2. The second kappa shape index (κ2) is 12.2. The monoisotopic (exact) mass is 533 g/mol. The molecule has 0 saturated carbocycles. The molecule has 9 nitrogen and oxygen atoms in total. The summed E-state index contributed by atoms with van der Waals surface area (Å²) >= 11 is 0.831. The smallest absolute Gasteiger partial charge is 0.432 e. The number of nitrogens with zero attached hydrogens (tertiary/aromatic N) is 3. The Hall–Kier alpha value is -2.84. The summed E-state index contributed by atoms with van der Waals surface area (Å²) in [7, 11) is -3.48. The van der Waals surface area contributed by atoms with E-state index >= 15 is 0 Å². The van der Waals surface area contributed by atoms with Gasteiger partial charge in [-0.25, -0.2) is 13.4 Å². The molecule has 0 bridgehead atoms. The third-order valence-electron chi connectivity index (χ3n) is 4.76. The van der Waals surface area contributed by atoms with Gasteiger partial charge < -0.3 is 15.0 Å². The molecule has 0 atom stereocenters. The predicted octanol–water partition coefficient (Wildman–Crippen LogP) is 3.01. The van der Waals surface area contributed by atoms with Crippen molar-refractivity contribution in [2.45, 2.75) is 24.9 Å². The van der Waals surface area contributed by atoms with Gasteiger partial charge in [-0.05, 0) is 42.8 Å². The topological polar surface area (TPSA) is 125 Å². The molecule has 0 aliphatic carbocycles. The minimum atomic E-state index is -4.92. The zero-order chi connectivity index (χ0) is 26.2. The lowest BCUT2D eigenvalue weighted by molar-refractivity contribution is -0.142. The molecule has 0 spiro atoms. The van der Waals surface area contributed by atoms with Crippen molar-refractivity contribution in [3.63, 3.8) is 0 Å². The van der Waals surface area contributed by atoms with Crippen molar-refractivity contribution in [2.24, 2.45) is 0 Å². The van der Waals surface area contributed by atoms with Gasteiger partial charge in [0.2, 0.25) is 0 Å². The second-order valence-corrected chi connectivity index (χ2v) is 10.1. The van der Waals surface area contributed by atoms with Gasteiger partial charge in [0, 0.05) is 18.4 Å². The molecule has 1 heterocycles. The van der Waals surface area contributed by atoms with Gasteiger partial charge in [-0.2, -0.15) is 17.5 Å². The molecule has 192 valence electrons. The molecule has 0 radical (unpaired) electrons. The van der Waals surface area contributed by atoms with Crippen molar-refractivity contribution < 1.29 is 31.1 Å². The van der Waals surface area contributed by atoms with Crippen molar-refractivity contribution >= 4 is 38.7 Å². The maximum Gasteiger partial charge on any atom is 0.432 e. The summed E-state index contributed by atoms with van der Waals surface area (Å²) in [6.45, 7) is 5.66. The van der Waals surface area contributed by atoms with Gasteiger partial charge in [-0.3, -0.25) is 10.2 Å². The molecule has 0 fully saturated rings.